The molecule has 0 aliphatic rings. The molecule has 0 atom stereocenters. The lowest BCUT2D eigenvalue weighted by Gasteiger charge is -2.05. The minimum Gasteiger partial charge on any atom is -0.293 e. The van der Waals surface area contributed by atoms with Crippen LogP contribution >= 0.6 is 27.3 Å². The first-order valence-corrected chi connectivity index (χ1v) is 9.67. The van der Waals surface area contributed by atoms with Crippen molar-refractivity contribution in [2.45, 2.75) is 78.1 Å². The van der Waals surface area contributed by atoms with Crippen LogP contribution in [0.2, 0.25) is 0 Å². The van der Waals surface area contributed by atoms with E-state index < -0.39 is 0 Å². The zero-order valence-electron chi connectivity index (χ0n) is 12.8. The molecule has 0 aromatic carbocycles. The van der Waals surface area contributed by atoms with E-state index in [2.05, 4.69) is 35.2 Å². The van der Waals surface area contributed by atoms with Gasteiger partial charge in [0.1, 0.15) is 0 Å². The number of halogens is 1. The molecule has 3 heteroatoms. The Bertz CT molecular complexity index is 398. The number of thiophene rings is 1. The molecule has 0 fully saturated rings. The third-order valence-electron chi connectivity index (χ3n) is 3.63. The maximum Gasteiger partial charge on any atom is 0.173 e. The summed E-state index contributed by atoms with van der Waals surface area (Å²) in [5.41, 5.74) is 1.26. The zero-order valence-corrected chi connectivity index (χ0v) is 15.2. The number of hydrogen-bond donors (Lipinski definition) is 0. The molecule has 0 aliphatic carbocycles. The normalized spacial score (nSPS) is 10.9. The maximum absolute atomic E-state index is 12.3. The number of rotatable bonds is 11. The Morgan fingerprint density at radius 2 is 1.70 bits per heavy atom. The van der Waals surface area contributed by atoms with Crippen LogP contribution in [-0.2, 0) is 6.42 Å². The van der Waals surface area contributed by atoms with Crippen molar-refractivity contribution in [2.75, 3.05) is 0 Å². The third-order valence-corrected chi connectivity index (χ3v) is 5.71. The molecular weight excluding hydrogens is 332 g/mol. The minimum atomic E-state index is 0.349. The Hall–Kier alpha value is -0.150. The second kappa shape index (κ2) is 10.6. The van der Waals surface area contributed by atoms with E-state index in [9.17, 15) is 4.79 Å². The van der Waals surface area contributed by atoms with Crippen LogP contribution in [0.15, 0.2) is 9.85 Å². The summed E-state index contributed by atoms with van der Waals surface area (Å²) in [6.07, 6.45) is 11.5. The van der Waals surface area contributed by atoms with E-state index in [1.54, 1.807) is 11.3 Å². The first kappa shape index (κ1) is 17.9. The molecule has 20 heavy (non-hydrogen) atoms. The quantitative estimate of drug-likeness (QED) is 0.314. The standard InChI is InChI=1S/C17H27BrOS/c1-3-5-7-9-11-14-15(18)13-20-17(14)16(19)12-10-8-6-4-2/h13H,3-12H2,1-2H3. The SMILES string of the molecule is CCCCCCC(=O)c1scc(Br)c1CCCCCC. The summed E-state index contributed by atoms with van der Waals surface area (Å²) in [6, 6.07) is 0. The molecule has 0 saturated carbocycles. The average molecular weight is 359 g/mol. The van der Waals surface area contributed by atoms with Gasteiger partial charge in [-0.25, -0.2) is 0 Å². The summed E-state index contributed by atoms with van der Waals surface area (Å²) in [7, 11) is 0. The van der Waals surface area contributed by atoms with Crippen LogP contribution < -0.4 is 0 Å². The van der Waals surface area contributed by atoms with Crippen LogP contribution in [0.1, 0.15) is 86.9 Å². The van der Waals surface area contributed by atoms with Crippen molar-refractivity contribution in [1.29, 1.82) is 0 Å². The molecule has 1 nitrogen and oxygen atoms in total. The van der Waals surface area contributed by atoms with E-state index in [0.717, 1.165) is 28.6 Å². The highest BCUT2D eigenvalue weighted by Crippen LogP contribution is 2.30. The van der Waals surface area contributed by atoms with Crippen molar-refractivity contribution in [3.05, 3.63) is 20.3 Å². The topological polar surface area (TPSA) is 17.1 Å². The molecule has 1 aromatic heterocycles. The molecule has 114 valence electrons. The van der Waals surface area contributed by atoms with E-state index in [0.29, 0.717) is 5.78 Å². The Morgan fingerprint density at radius 1 is 1.05 bits per heavy atom. The lowest BCUT2D eigenvalue weighted by molar-refractivity contribution is 0.0982. The summed E-state index contributed by atoms with van der Waals surface area (Å²) in [5.74, 6) is 0.349. The fourth-order valence-electron chi connectivity index (χ4n) is 2.38. The van der Waals surface area contributed by atoms with Crippen LogP contribution in [0.5, 0.6) is 0 Å². The Kier molecular flexibility index (Phi) is 9.45. The van der Waals surface area contributed by atoms with Gasteiger partial charge in [0.2, 0.25) is 0 Å². The van der Waals surface area contributed by atoms with Crippen molar-refractivity contribution in [3.63, 3.8) is 0 Å². The van der Waals surface area contributed by atoms with Crippen LogP contribution in [0.25, 0.3) is 0 Å². The fourth-order valence-corrected chi connectivity index (χ4v) is 4.14. The monoisotopic (exact) mass is 358 g/mol. The van der Waals surface area contributed by atoms with Gasteiger partial charge in [-0.15, -0.1) is 11.3 Å². The predicted octanol–water partition coefficient (Wildman–Crippen LogP) is 6.79. The number of hydrogen-bond acceptors (Lipinski definition) is 2. The van der Waals surface area contributed by atoms with E-state index in [4.69, 9.17) is 0 Å². The van der Waals surface area contributed by atoms with E-state index >= 15 is 0 Å². The number of ketones is 1. The molecule has 0 unspecified atom stereocenters. The highest BCUT2D eigenvalue weighted by atomic mass is 79.9. The highest BCUT2D eigenvalue weighted by Gasteiger charge is 2.16. The summed E-state index contributed by atoms with van der Waals surface area (Å²) in [6.45, 7) is 4.43. The zero-order chi connectivity index (χ0) is 14.8. The van der Waals surface area contributed by atoms with Crippen molar-refractivity contribution < 1.29 is 4.79 Å². The van der Waals surface area contributed by atoms with E-state index in [1.165, 1.54) is 50.5 Å². The van der Waals surface area contributed by atoms with Crippen molar-refractivity contribution in [2.24, 2.45) is 0 Å². The van der Waals surface area contributed by atoms with Gasteiger partial charge in [-0.2, -0.15) is 0 Å². The molecule has 1 rings (SSSR count). The van der Waals surface area contributed by atoms with Gasteiger partial charge in [-0.3, -0.25) is 4.79 Å². The van der Waals surface area contributed by atoms with Gasteiger partial charge in [0.25, 0.3) is 0 Å². The van der Waals surface area contributed by atoms with Crippen LogP contribution in [0, 0.1) is 0 Å². The molecule has 0 spiro atoms. The second-order valence-corrected chi connectivity index (χ2v) is 7.17. The lowest BCUT2D eigenvalue weighted by Crippen LogP contribution is -2.01. The Morgan fingerprint density at radius 3 is 2.35 bits per heavy atom. The summed E-state index contributed by atoms with van der Waals surface area (Å²) in [5, 5.41) is 2.08. The van der Waals surface area contributed by atoms with Gasteiger partial charge < -0.3 is 0 Å². The largest absolute Gasteiger partial charge is 0.293 e. The molecule has 0 aliphatic heterocycles. The second-order valence-electron chi connectivity index (χ2n) is 5.44. The molecule has 1 aromatic rings. The molecular formula is C17H27BrOS. The van der Waals surface area contributed by atoms with Crippen LogP contribution in [-0.4, -0.2) is 5.78 Å². The Labute approximate surface area is 136 Å². The van der Waals surface area contributed by atoms with Gasteiger partial charge >= 0.3 is 0 Å². The number of Topliss-reactive ketones (excluding diaryl/α,β-unsaturated/α-hetero) is 1. The van der Waals surface area contributed by atoms with Gasteiger partial charge in [0.05, 0.1) is 4.88 Å². The van der Waals surface area contributed by atoms with E-state index in [-0.39, 0.29) is 0 Å². The summed E-state index contributed by atoms with van der Waals surface area (Å²) < 4.78 is 1.14. The van der Waals surface area contributed by atoms with Crippen LogP contribution in [0.3, 0.4) is 0 Å². The van der Waals surface area contributed by atoms with Gasteiger partial charge in [-0.05, 0) is 40.8 Å². The number of carbonyl (C=O) groups excluding carboxylic acids is 1. The van der Waals surface area contributed by atoms with Crippen molar-refractivity contribution in [3.8, 4) is 0 Å². The number of unbranched alkanes of at least 4 members (excludes halogenated alkanes) is 6. The van der Waals surface area contributed by atoms with Crippen LogP contribution in [0.4, 0.5) is 0 Å². The third kappa shape index (κ3) is 6.09. The summed E-state index contributed by atoms with van der Waals surface area (Å²) in [4.78, 5) is 13.3. The Balaban J connectivity index is 2.49. The van der Waals surface area contributed by atoms with Gasteiger partial charge in [0.15, 0.2) is 5.78 Å². The smallest absolute Gasteiger partial charge is 0.173 e. The number of carbonyl (C=O) groups is 1. The highest BCUT2D eigenvalue weighted by molar-refractivity contribution is 9.10. The summed E-state index contributed by atoms with van der Waals surface area (Å²) >= 11 is 5.22. The molecule has 0 bridgehead atoms. The average Bonchev–Trinajstić information content (AvgIpc) is 2.81. The van der Waals surface area contributed by atoms with Gasteiger partial charge in [-0.1, -0.05) is 52.4 Å². The molecule has 0 N–H and O–H groups in total. The molecule has 0 radical (unpaired) electrons. The molecule has 1 heterocycles. The van der Waals surface area contributed by atoms with Crippen molar-refractivity contribution in [1.82, 2.24) is 0 Å². The molecule has 0 amide bonds. The fraction of sp³-hybridized carbons (Fsp3) is 0.706. The lowest BCUT2D eigenvalue weighted by atomic mass is 10.0. The molecule has 0 saturated heterocycles. The predicted molar refractivity (Wildman–Crippen MR) is 93.0 cm³/mol. The minimum absolute atomic E-state index is 0.349. The first-order valence-electron chi connectivity index (χ1n) is 7.99. The van der Waals surface area contributed by atoms with Gasteiger partial charge in [0, 0.05) is 16.3 Å². The van der Waals surface area contributed by atoms with E-state index in [1.807, 2.05) is 0 Å². The maximum atomic E-state index is 12.3. The first-order chi connectivity index (χ1) is 9.70. The van der Waals surface area contributed by atoms with Crippen molar-refractivity contribution >= 4 is 33.0 Å².